The van der Waals surface area contributed by atoms with Crippen molar-refractivity contribution in [3.8, 4) is 5.75 Å². The van der Waals surface area contributed by atoms with E-state index in [1.54, 1.807) is 0 Å². The summed E-state index contributed by atoms with van der Waals surface area (Å²) in [4.78, 5) is 25.2. The molecule has 2 heterocycles. The molecule has 0 radical (unpaired) electrons. The van der Waals surface area contributed by atoms with Crippen LogP contribution in [0.5, 0.6) is 5.75 Å². The van der Waals surface area contributed by atoms with Crippen molar-refractivity contribution < 1.29 is 41.4 Å². The molecule has 1 saturated heterocycles. The summed E-state index contributed by atoms with van der Waals surface area (Å²) in [5.74, 6) is -3.46. The number of nitrogens with one attached hydrogen (secondary N) is 1. The molecule has 6 nitrogen and oxygen atoms in total. The van der Waals surface area contributed by atoms with E-state index in [1.165, 1.54) is 17.5 Å². The Morgan fingerprint density at radius 2 is 1.90 bits per heavy atom. The number of carbonyl (C=O) groups is 2. The zero-order valence-corrected chi connectivity index (χ0v) is 16.0. The summed E-state index contributed by atoms with van der Waals surface area (Å²) in [5, 5.41) is 14.4. The van der Waals surface area contributed by atoms with Gasteiger partial charge in [-0.15, -0.1) is 11.3 Å². The van der Waals surface area contributed by atoms with E-state index in [4.69, 9.17) is 0 Å². The number of benzene rings is 1. The van der Waals surface area contributed by atoms with Crippen LogP contribution in [0, 0.1) is 5.92 Å². The third kappa shape index (κ3) is 3.72. The lowest BCUT2D eigenvalue weighted by molar-refractivity contribution is -0.322. The standard InChI is InChI=1S/C18H15F5N2O4S/c1-25-16(27)24-13(9-4-6-10(7-5-9)29-15(19)20)12(17(25,28)18(21,22)23)14(26)11-3-2-8-30-11/h2-8,12-13,15,28H,1H3,(H,24,27)/t12-,13+,17-/m0/s1. The van der Waals surface area contributed by atoms with Crippen molar-refractivity contribution >= 4 is 23.2 Å². The molecule has 12 heteroatoms. The Balaban J connectivity index is 2.11. The molecular formula is C18H15F5N2O4S. The molecule has 0 saturated carbocycles. The number of thiophene rings is 1. The number of ketones is 1. The van der Waals surface area contributed by atoms with Gasteiger partial charge in [0.05, 0.1) is 10.9 Å². The van der Waals surface area contributed by atoms with Crippen molar-refractivity contribution in [2.24, 2.45) is 5.92 Å². The molecule has 30 heavy (non-hydrogen) atoms. The van der Waals surface area contributed by atoms with E-state index in [0.717, 1.165) is 42.6 Å². The van der Waals surface area contributed by atoms with Crippen LogP contribution in [-0.4, -0.2) is 47.4 Å². The van der Waals surface area contributed by atoms with Gasteiger partial charge in [-0.05, 0) is 29.1 Å². The van der Waals surface area contributed by atoms with Gasteiger partial charge in [0.25, 0.3) is 5.72 Å². The van der Waals surface area contributed by atoms with Gasteiger partial charge >= 0.3 is 18.8 Å². The Hall–Kier alpha value is -2.73. The average molecular weight is 450 g/mol. The normalized spacial score (nSPS) is 24.7. The minimum atomic E-state index is -5.37. The Kier molecular flexibility index (Phi) is 5.74. The van der Waals surface area contributed by atoms with Gasteiger partial charge in [-0.1, -0.05) is 18.2 Å². The van der Waals surface area contributed by atoms with E-state index in [1.807, 2.05) is 0 Å². The quantitative estimate of drug-likeness (QED) is 0.537. The van der Waals surface area contributed by atoms with Crippen molar-refractivity contribution in [2.45, 2.75) is 24.6 Å². The highest BCUT2D eigenvalue weighted by atomic mass is 32.1. The molecule has 1 aromatic heterocycles. The maximum atomic E-state index is 14.0. The van der Waals surface area contributed by atoms with Gasteiger partial charge in [0.15, 0.2) is 5.78 Å². The van der Waals surface area contributed by atoms with Crippen molar-refractivity contribution in [1.82, 2.24) is 10.2 Å². The molecule has 3 rings (SSSR count). The molecule has 1 aliphatic heterocycles. The fraction of sp³-hybridized carbons (Fsp3) is 0.333. The monoisotopic (exact) mass is 450 g/mol. The number of hydrogen-bond donors (Lipinski definition) is 2. The van der Waals surface area contributed by atoms with Gasteiger partial charge in [-0.3, -0.25) is 9.69 Å². The van der Waals surface area contributed by atoms with E-state index in [0.29, 0.717) is 0 Å². The van der Waals surface area contributed by atoms with Crippen LogP contribution in [0.1, 0.15) is 21.3 Å². The number of halogens is 5. The third-order valence-corrected chi connectivity index (χ3v) is 5.67. The van der Waals surface area contributed by atoms with Crippen molar-refractivity contribution in [3.05, 3.63) is 52.2 Å². The van der Waals surface area contributed by atoms with Crippen LogP contribution >= 0.6 is 11.3 Å². The molecule has 2 N–H and O–H groups in total. The second-order valence-electron chi connectivity index (χ2n) is 6.48. The van der Waals surface area contributed by atoms with Gasteiger partial charge in [0, 0.05) is 7.05 Å². The fourth-order valence-electron chi connectivity index (χ4n) is 3.31. The highest BCUT2D eigenvalue weighted by Gasteiger charge is 2.69. The molecule has 1 aliphatic rings. The molecule has 162 valence electrons. The Labute approximate surface area is 170 Å². The van der Waals surface area contributed by atoms with Gasteiger partial charge in [0.2, 0.25) is 0 Å². The molecule has 3 atom stereocenters. The number of alkyl halides is 5. The number of Topliss-reactive ketones (excluding diaryl/α,β-unsaturated/α-hetero) is 1. The zero-order valence-electron chi connectivity index (χ0n) is 15.2. The minimum absolute atomic E-state index is 0.00403. The van der Waals surface area contributed by atoms with Crippen LogP contribution in [0.3, 0.4) is 0 Å². The van der Waals surface area contributed by atoms with Crippen molar-refractivity contribution in [1.29, 1.82) is 0 Å². The maximum absolute atomic E-state index is 14.0. The summed E-state index contributed by atoms with van der Waals surface area (Å²) in [6, 6.07) is 4.31. The summed E-state index contributed by atoms with van der Waals surface area (Å²) in [6.07, 6.45) is -5.37. The highest BCUT2D eigenvalue weighted by molar-refractivity contribution is 7.12. The maximum Gasteiger partial charge on any atom is 0.437 e. The summed E-state index contributed by atoms with van der Waals surface area (Å²) in [7, 11) is 0.729. The topological polar surface area (TPSA) is 78.9 Å². The number of ether oxygens (including phenoxy) is 1. The first-order chi connectivity index (χ1) is 14.0. The number of nitrogens with zero attached hydrogens (tertiary/aromatic N) is 1. The SMILES string of the molecule is CN1C(=O)N[C@H](c2ccc(OC(F)F)cc2)[C@@H](C(=O)c2cccs2)[C@]1(O)C(F)(F)F. The Bertz CT molecular complexity index is 920. The third-order valence-electron chi connectivity index (χ3n) is 4.79. The molecule has 1 aromatic carbocycles. The predicted octanol–water partition coefficient (Wildman–Crippen LogP) is 3.80. The van der Waals surface area contributed by atoms with Crippen molar-refractivity contribution in [3.63, 3.8) is 0 Å². The van der Waals surface area contributed by atoms with Gasteiger partial charge in [0.1, 0.15) is 11.7 Å². The number of carbonyl (C=O) groups excluding carboxylic acids is 2. The van der Waals surface area contributed by atoms with E-state index in [9.17, 15) is 36.6 Å². The molecule has 0 bridgehead atoms. The van der Waals surface area contributed by atoms with E-state index in [-0.39, 0.29) is 21.1 Å². The summed E-state index contributed by atoms with van der Waals surface area (Å²) >= 11 is 0.882. The Morgan fingerprint density at radius 1 is 1.27 bits per heavy atom. The first kappa shape index (κ1) is 22.0. The molecular weight excluding hydrogens is 435 g/mol. The lowest BCUT2D eigenvalue weighted by atomic mass is 9.78. The lowest BCUT2D eigenvalue weighted by Crippen LogP contribution is -2.72. The first-order valence-electron chi connectivity index (χ1n) is 8.42. The zero-order chi connectivity index (χ0) is 22.3. The van der Waals surface area contributed by atoms with E-state index in [2.05, 4.69) is 10.1 Å². The second kappa shape index (κ2) is 7.84. The first-order valence-corrected chi connectivity index (χ1v) is 9.30. The van der Waals surface area contributed by atoms with E-state index >= 15 is 0 Å². The van der Waals surface area contributed by atoms with Crippen LogP contribution in [0.4, 0.5) is 26.7 Å². The van der Waals surface area contributed by atoms with Gasteiger partial charge < -0.3 is 15.2 Å². The molecule has 0 unspecified atom stereocenters. The van der Waals surface area contributed by atoms with Gasteiger partial charge in [-0.25, -0.2) is 4.79 Å². The molecule has 2 amide bonds. The fourth-order valence-corrected chi connectivity index (χ4v) is 4.02. The smallest absolute Gasteiger partial charge is 0.435 e. The minimum Gasteiger partial charge on any atom is -0.435 e. The molecule has 0 aliphatic carbocycles. The second-order valence-corrected chi connectivity index (χ2v) is 7.42. The number of amides is 2. The summed E-state index contributed by atoms with van der Waals surface area (Å²) in [6.45, 7) is -3.11. The van der Waals surface area contributed by atoms with Crippen LogP contribution in [0.25, 0.3) is 0 Å². The average Bonchev–Trinajstić information content (AvgIpc) is 3.19. The Morgan fingerprint density at radius 3 is 2.40 bits per heavy atom. The lowest BCUT2D eigenvalue weighted by Gasteiger charge is -2.49. The van der Waals surface area contributed by atoms with E-state index < -0.39 is 42.3 Å². The largest absolute Gasteiger partial charge is 0.437 e. The van der Waals surface area contributed by atoms with Crippen LogP contribution in [0.2, 0.25) is 0 Å². The van der Waals surface area contributed by atoms with Crippen LogP contribution in [0.15, 0.2) is 41.8 Å². The molecule has 2 aromatic rings. The number of hydrogen-bond acceptors (Lipinski definition) is 5. The van der Waals surface area contributed by atoms with Gasteiger partial charge in [-0.2, -0.15) is 22.0 Å². The van der Waals surface area contributed by atoms with Crippen LogP contribution in [-0.2, 0) is 0 Å². The molecule has 0 spiro atoms. The molecule has 1 fully saturated rings. The highest BCUT2D eigenvalue weighted by Crippen LogP contribution is 2.48. The number of aliphatic hydroxyl groups is 1. The predicted molar refractivity (Wildman–Crippen MR) is 95.3 cm³/mol. The van der Waals surface area contributed by atoms with Crippen molar-refractivity contribution in [2.75, 3.05) is 7.05 Å². The number of urea groups is 1. The van der Waals surface area contributed by atoms with Crippen LogP contribution < -0.4 is 10.1 Å². The number of rotatable bonds is 5. The summed E-state index contributed by atoms with van der Waals surface area (Å²) < 4.78 is 70.8. The summed E-state index contributed by atoms with van der Waals surface area (Å²) in [5.41, 5.74) is -3.81.